The summed E-state index contributed by atoms with van der Waals surface area (Å²) in [6.45, 7) is 0.941. The Morgan fingerprint density at radius 2 is 1.73 bits per heavy atom. The lowest BCUT2D eigenvalue weighted by Crippen LogP contribution is -2.45. The van der Waals surface area contributed by atoms with Gasteiger partial charge in [0.15, 0.2) is 0 Å². The molecule has 3 heterocycles. The van der Waals surface area contributed by atoms with E-state index in [1.54, 1.807) is 41.3 Å². The molecule has 0 unspecified atom stereocenters. The van der Waals surface area contributed by atoms with Crippen LogP contribution in [0, 0.1) is 0 Å². The second-order valence-corrected chi connectivity index (χ2v) is 8.03. The van der Waals surface area contributed by atoms with Crippen LogP contribution >= 0.6 is 11.6 Å². The summed E-state index contributed by atoms with van der Waals surface area (Å²) in [5, 5.41) is 2.00. The Morgan fingerprint density at radius 1 is 0.967 bits per heavy atom. The average Bonchev–Trinajstić information content (AvgIpc) is 3.17. The number of aromatic nitrogens is 3. The minimum Gasteiger partial charge on any atom is -0.351 e. The fourth-order valence-electron chi connectivity index (χ4n) is 4.22. The summed E-state index contributed by atoms with van der Waals surface area (Å²) < 4.78 is 1.30. The van der Waals surface area contributed by atoms with Gasteiger partial charge in [-0.3, -0.25) is 14.2 Å². The number of aromatic amines is 2. The summed E-state index contributed by atoms with van der Waals surface area (Å²) in [6.07, 6.45) is 1.08. The predicted octanol–water partition coefficient (Wildman–Crippen LogP) is 3.30. The summed E-state index contributed by atoms with van der Waals surface area (Å²) in [4.78, 5) is 46.0. The van der Waals surface area contributed by atoms with Crippen molar-refractivity contribution in [3.05, 3.63) is 80.1 Å². The van der Waals surface area contributed by atoms with Gasteiger partial charge in [0.05, 0.1) is 10.9 Å². The number of nitrogens with zero attached hydrogens (tertiary/aromatic N) is 2. The van der Waals surface area contributed by atoms with Crippen molar-refractivity contribution in [2.24, 2.45) is 0 Å². The molecule has 0 bridgehead atoms. The number of hydrogen-bond donors (Lipinski definition) is 2. The molecule has 4 aromatic rings. The lowest BCUT2D eigenvalue weighted by Gasteiger charge is -2.32. The second kappa shape index (κ2) is 7.18. The summed E-state index contributed by atoms with van der Waals surface area (Å²) in [7, 11) is 0. The molecule has 0 radical (unpaired) electrons. The van der Waals surface area contributed by atoms with Crippen molar-refractivity contribution >= 4 is 39.3 Å². The normalized spacial score (nSPS) is 15.2. The summed E-state index contributed by atoms with van der Waals surface area (Å²) >= 11 is 6.03. The number of amides is 1. The quantitative estimate of drug-likeness (QED) is 0.519. The molecule has 1 aliphatic heterocycles. The maximum Gasteiger partial charge on any atom is 0.329 e. The van der Waals surface area contributed by atoms with Gasteiger partial charge in [0.2, 0.25) is 0 Å². The Hall–Kier alpha value is -3.32. The van der Waals surface area contributed by atoms with Crippen LogP contribution in [0.5, 0.6) is 0 Å². The van der Waals surface area contributed by atoms with E-state index in [4.69, 9.17) is 11.6 Å². The third-order valence-electron chi connectivity index (χ3n) is 5.77. The van der Waals surface area contributed by atoms with Crippen LogP contribution in [-0.2, 0) is 0 Å². The minimum absolute atomic E-state index is 0.0967. The first-order valence-corrected chi connectivity index (χ1v) is 10.2. The van der Waals surface area contributed by atoms with Gasteiger partial charge in [-0.2, -0.15) is 0 Å². The first-order chi connectivity index (χ1) is 14.5. The minimum atomic E-state index is -0.407. The molecule has 0 spiro atoms. The van der Waals surface area contributed by atoms with Crippen molar-refractivity contribution in [3.63, 3.8) is 0 Å². The number of halogens is 1. The number of nitrogens with one attached hydrogen (secondary N) is 2. The fourth-order valence-corrected chi connectivity index (χ4v) is 4.40. The van der Waals surface area contributed by atoms with E-state index in [0.717, 1.165) is 10.9 Å². The van der Waals surface area contributed by atoms with Gasteiger partial charge < -0.3 is 14.9 Å². The molecule has 1 amide bonds. The third kappa shape index (κ3) is 3.11. The van der Waals surface area contributed by atoms with Crippen molar-refractivity contribution in [2.45, 2.75) is 18.9 Å². The number of para-hydroxylation sites is 1. The number of benzene rings is 2. The highest BCUT2D eigenvalue weighted by atomic mass is 35.5. The Morgan fingerprint density at radius 3 is 2.53 bits per heavy atom. The zero-order chi connectivity index (χ0) is 20.8. The van der Waals surface area contributed by atoms with Gasteiger partial charge >= 0.3 is 5.69 Å². The molecule has 0 atom stereocenters. The molecule has 1 fully saturated rings. The number of H-pyrrole nitrogens is 2. The molecule has 1 saturated heterocycles. The fraction of sp³-hybridized carbons (Fsp3) is 0.227. The van der Waals surface area contributed by atoms with Gasteiger partial charge in [-0.25, -0.2) is 4.79 Å². The smallest absolute Gasteiger partial charge is 0.329 e. The van der Waals surface area contributed by atoms with Gasteiger partial charge in [-0.1, -0.05) is 23.7 Å². The van der Waals surface area contributed by atoms with E-state index < -0.39 is 5.69 Å². The van der Waals surface area contributed by atoms with Gasteiger partial charge in [0.25, 0.3) is 11.5 Å². The Kier molecular flexibility index (Phi) is 4.47. The zero-order valence-electron chi connectivity index (χ0n) is 16.0. The van der Waals surface area contributed by atoms with Crippen LogP contribution in [-0.4, -0.2) is 38.4 Å². The summed E-state index contributed by atoms with van der Waals surface area (Å²) in [5.74, 6) is -0.0967. The van der Waals surface area contributed by atoms with Gasteiger partial charge in [0, 0.05) is 35.1 Å². The zero-order valence-corrected chi connectivity index (χ0v) is 16.8. The van der Waals surface area contributed by atoms with E-state index in [0.29, 0.717) is 47.6 Å². The maximum absolute atomic E-state index is 12.9. The molecule has 7 nitrogen and oxygen atoms in total. The lowest BCUT2D eigenvalue weighted by molar-refractivity contribution is 0.0687. The highest BCUT2D eigenvalue weighted by Crippen LogP contribution is 2.24. The van der Waals surface area contributed by atoms with E-state index in [1.165, 1.54) is 4.57 Å². The predicted molar refractivity (Wildman–Crippen MR) is 116 cm³/mol. The van der Waals surface area contributed by atoms with E-state index in [9.17, 15) is 14.4 Å². The molecule has 2 aromatic carbocycles. The van der Waals surface area contributed by atoms with Crippen molar-refractivity contribution in [3.8, 4) is 0 Å². The number of fused-ring (bicyclic) bond motifs is 2. The SMILES string of the molecule is O=C(c1cc2cc(Cl)ccc2[nH]1)N1CCC(n2c(=O)[nH]c3ccccc3c2=O)CC1. The van der Waals surface area contributed by atoms with Crippen LogP contribution in [0.3, 0.4) is 0 Å². The second-order valence-electron chi connectivity index (χ2n) is 7.59. The van der Waals surface area contributed by atoms with Gasteiger partial charge in [-0.05, 0) is 49.2 Å². The van der Waals surface area contributed by atoms with Crippen LogP contribution in [0.15, 0.2) is 58.1 Å². The first kappa shape index (κ1) is 18.7. The molecule has 0 aliphatic carbocycles. The molecule has 152 valence electrons. The van der Waals surface area contributed by atoms with E-state index >= 15 is 0 Å². The molecule has 2 N–H and O–H groups in total. The summed E-state index contributed by atoms with van der Waals surface area (Å²) in [5.41, 5.74) is 1.20. The standard InChI is InChI=1S/C22H19ClN4O3/c23-14-5-6-17-13(11-14)12-19(24-17)21(29)26-9-7-15(8-10-26)27-20(28)16-3-1-2-4-18(16)25-22(27)30/h1-6,11-12,15,24H,7-10H2,(H,25,30). The molecular weight excluding hydrogens is 404 g/mol. The number of carbonyl (C=O) groups excluding carboxylic acids is 1. The number of likely N-dealkylation sites (tertiary alicyclic amines) is 1. The highest BCUT2D eigenvalue weighted by Gasteiger charge is 2.27. The lowest BCUT2D eigenvalue weighted by atomic mass is 10.0. The molecule has 2 aromatic heterocycles. The largest absolute Gasteiger partial charge is 0.351 e. The number of piperidine rings is 1. The van der Waals surface area contributed by atoms with Gasteiger partial charge in [0.1, 0.15) is 5.69 Å². The number of rotatable bonds is 2. The van der Waals surface area contributed by atoms with Crippen molar-refractivity contribution in [2.75, 3.05) is 13.1 Å². The van der Waals surface area contributed by atoms with Crippen molar-refractivity contribution in [1.29, 1.82) is 0 Å². The van der Waals surface area contributed by atoms with Gasteiger partial charge in [-0.15, -0.1) is 0 Å². The van der Waals surface area contributed by atoms with Crippen LogP contribution in [0.4, 0.5) is 0 Å². The highest BCUT2D eigenvalue weighted by molar-refractivity contribution is 6.31. The van der Waals surface area contributed by atoms with Crippen LogP contribution in [0.2, 0.25) is 5.02 Å². The molecule has 5 rings (SSSR count). The van der Waals surface area contributed by atoms with E-state index in [2.05, 4.69) is 9.97 Å². The monoisotopic (exact) mass is 422 g/mol. The molecular formula is C22H19ClN4O3. The molecule has 8 heteroatoms. The first-order valence-electron chi connectivity index (χ1n) is 9.82. The topological polar surface area (TPSA) is 91.0 Å². The average molecular weight is 423 g/mol. The van der Waals surface area contributed by atoms with Crippen molar-refractivity contribution in [1.82, 2.24) is 19.4 Å². The van der Waals surface area contributed by atoms with Crippen LogP contribution in [0.1, 0.15) is 29.4 Å². The Balaban J connectivity index is 1.37. The Labute approximate surface area is 175 Å². The van der Waals surface area contributed by atoms with Crippen LogP contribution < -0.4 is 11.2 Å². The number of carbonyl (C=O) groups is 1. The molecule has 0 saturated carbocycles. The molecule has 1 aliphatic rings. The Bertz CT molecular complexity index is 1390. The van der Waals surface area contributed by atoms with E-state index in [-0.39, 0.29) is 17.5 Å². The maximum atomic E-state index is 12.9. The summed E-state index contributed by atoms with van der Waals surface area (Å²) in [6, 6.07) is 14.0. The molecule has 30 heavy (non-hydrogen) atoms. The third-order valence-corrected chi connectivity index (χ3v) is 6.00. The number of hydrogen-bond acceptors (Lipinski definition) is 3. The van der Waals surface area contributed by atoms with Crippen molar-refractivity contribution < 1.29 is 4.79 Å². The van der Waals surface area contributed by atoms with E-state index in [1.807, 2.05) is 12.1 Å². The van der Waals surface area contributed by atoms with Crippen LogP contribution in [0.25, 0.3) is 21.8 Å².